The fourth-order valence-electron chi connectivity index (χ4n) is 1.61. The molecule has 0 aliphatic rings. The Morgan fingerprint density at radius 1 is 1.29 bits per heavy atom. The summed E-state index contributed by atoms with van der Waals surface area (Å²) < 4.78 is 42.9. The van der Waals surface area contributed by atoms with Crippen LogP contribution in [0.2, 0.25) is 0 Å². The molecule has 0 fully saturated rings. The van der Waals surface area contributed by atoms with Crippen molar-refractivity contribution < 1.29 is 22.7 Å². The average molecular weight is 297 g/mol. The fourth-order valence-corrected chi connectivity index (χ4v) is 1.61. The van der Waals surface area contributed by atoms with Gasteiger partial charge in [-0.3, -0.25) is 5.32 Å². The Balaban J connectivity index is 2.36. The molecule has 2 heterocycles. The van der Waals surface area contributed by atoms with Crippen LogP contribution in [-0.4, -0.2) is 23.2 Å². The molecule has 0 radical (unpaired) electrons. The van der Waals surface area contributed by atoms with Crippen molar-refractivity contribution in [3.8, 4) is 11.1 Å². The third-order valence-electron chi connectivity index (χ3n) is 2.61. The summed E-state index contributed by atoms with van der Waals surface area (Å²) in [6.07, 6.45) is -1.19. The second kappa shape index (κ2) is 6.21. The van der Waals surface area contributed by atoms with E-state index in [1.807, 2.05) is 0 Å². The topological polar surface area (TPSA) is 64.1 Å². The Kier molecular flexibility index (Phi) is 4.36. The predicted molar refractivity (Wildman–Crippen MR) is 68.4 cm³/mol. The molecule has 1 amide bonds. The second-order valence-corrected chi connectivity index (χ2v) is 3.95. The number of methoxy groups -OCH3 is 1. The lowest BCUT2D eigenvalue weighted by Crippen LogP contribution is -2.11. The normalized spacial score (nSPS) is 10.5. The third-order valence-corrected chi connectivity index (χ3v) is 2.61. The maximum absolute atomic E-state index is 13.2. The first-order valence-corrected chi connectivity index (χ1v) is 5.76. The standard InChI is InChI=1S/C13H10F3N3O2/c1-21-13(20)19-10-5-7(2-3-17-10)8-4-9(11(14)15)12(16)18-6-8/h2-6,11H,1H3,(H,17,19,20). The van der Waals surface area contributed by atoms with E-state index in [4.69, 9.17) is 0 Å². The highest BCUT2D eigenvalue weighted by Gasteiger charge is 2.16. The molecule has 2 rings (SSSR count). The molecule has 0 aromatic carbocycles. The summed E-state index contributed by atoms with van der Waals surface area (Å²) >= 11 is 0. The minimum Gasteiger partial charge on any atom is -0.453 e. The number of amides is 1. The van der Waals surface area contributed by atoms with Crippen LogP contribution in [0, 0.1) is 5.95 Å². The van der Waals surface area contributed by atoms with Crippen LogP contribution in [0.25, 0.3) is 11.1 Å². The van der Waals surface area contributed by atoms with E-state index in [2.05, 4.69) is 20.0 Å². The second-order valence-electron chi connectivity index (χ2n) is 3.95. The van der Waals surface area contributed by atoms with Crippen LogP contribution in [0.1, 0.15) is 12.0 Å². The summed E-state index contributed by atoms with van der Waals surface area (Å²) in [7, 11) is 1.19. The van der Waals surface area contributed by atoms with E-state index < -0.39 is 24.0 Å². The number of aromatic nitrogens is 2. The summed E-state index contributed by atoms with van der Waals surface area (Å²) in [6, 6.07) is 3.96. The van der Waals surface area contributed by atoms with E-state index in [0.717, 1.165) is 12.3 Å². The summed E-state index contributed by atoms with van der Waals surface area (Å²) in [5.74, 6) is -1.04. The van der Waals surface area contributed by atoms with Gasteiger partial charge >= 0.3 is 6.09 Å². The van der Waals surface area contributed by atoms with Crippen LogP contribution in [0.5, 0.6) is 0 Å². The van der Waals surface area contributed by atoms with Crippen LogP contribution in [-0.2, 0) is 4.74 Å². The molecule has 0 unspecified atom stereocenters. The summed E-state index contributed by atoms with van der Waals surface area (Å²) in [6.45, 7) is 0. The van der Waals surface area contributed by atoms with Crippen molar-refractivity contribution in [2.24, 2.45) is 0 Å². The number of halogens is 3. The molecule has 21 heavy (non-hydrogen) atoms. The van der Waals surface area contributed by atoms with Crippen molar-refractivity contribution in [2.75, 3.05) is 12.4 Å². The van der Waals surface area contributed by atoms with E-state index >= 15 is 0 Å². The van der Waals surface area contributed by atoms with Gasteiger partial charge in [-0.05, 0) is 23.8 Å². The largest absolute Gasteiger partial charge is 0.453 e. The van der Waals surface area contributed by atoms with Gasteiger partial charge in [0.25, 0.3) is 6.43 Å². The number of alkyl halides is 2. The minimum absolute atomic E-state index is 0.169. The minimum atomic E-state index is -2.97. The summed E-state index contributed by atoms with van der Waals surface area (Å²) in [4.78, 5) is 18.3. The maximum Gasteiger partial charge on any atom is 0.412 e. The van der Waals surface area contributed by atoms with E-state index in [1.165, 1.54) is 25.4 Å². The van der Waals surface area contributed by atoms with Gasteiger partial charge in [0.1, 0.15) is 5.82 Å². The molecule has 2 aromatic heterocycles. The highest BCUT2D eigenvalue weighted by Crippen LogP contribution is 2.27. The van der Waals surface area contributed by atoms with Crippen LogP contribution < -0.4 is 5.32 Å². The molecule has 0 saturated carbocycles. The number of rotatable bonds is 3. The number of hydrogen-bond donors (Lipinski definition) is 1. The third kappa shape index (κ3) is 3.47. The Bertz CT molecular complexity index is 665. The number of nitrogens with one attached hydrogen (secondary N) is 1. The molecule has 8 heteroatoms. The van der Waals surface area contributed by atoms with Gasteiger partial charge in [-0.25, -0.2) is 23.5 Å². The predicted octanol–water partition coefficient (Wildman–Crippen LogP) is 3.40. The van der Waals surface area contributed by atoms with Crippen LogP contribution in [0.4, 0.5) is 23.8 Å². The van der Waals surface area contributed by atoms with Crippen molar-refractivity contribution in [3.63, 3.8) is 0 Å². The monoisotopic (exact) mass is 297 g/mol. The van der Waals surface area contributed by atoms with Gasteiger partial charge in [-0.2, -0.15) is 4.39 Å². The molecule has 0 aliphatic carbocycles. The number of carbonyl (C=O) groups is 1. The Labute approximate surface area is 117 Å². The van der Waals surface area contributed by atoms with Gasteiger partial charge in [-0.1, -0.05) is 0 Å². The lowest BCUT2D eigenvalue weighted by molar-refractivity contribution is 0.145. The van der Waals surface area contributed by atoms with Gasteiger partial charge in [0.15, 0.2) is 0 Å². The van der Waals surface area contributed by atoms with Gasteiger partial charge in [-0.15, -0.1) is 0 Å². The maximum atomic E-state index is 13.2. The molecule has 0 aliphatic heterocycles. The SMILES string of the molecule is COC(=O)Nc1cc(-c2cnc(F)c(C(F)F)c2)ccn1. The number of pyridine rings is 2. The van der Waals surface area contributed by atoms with Crippen molar-refractivity contribution in [1.82, 2.24) is 9.97 Å². The smallest absolute Gasteiger partial charge is 0.412 e. The number of ether oxygens (including phenoxy) is 1. The highest BCUT2D eigenvalue weighted by atomic mass is 19.3. The first-order chi connectivity index (χ1) is 10.0. The molecule has 2 aromatic rings. The first-order valence-electron chi connectivity index (χ1n) is 5.76. The van der Waals surface area contributed by atoms with E-state index in [1.54, 1.807) is 0 Å². The molecule has 110 valence electrons. The zero-order chi connectivity index (χ0) is 15.4. The van der Waals surface area contributed by atoms with Crippen molar-refractivity contribution >= 4 is 11.9 Å². The molecule has 0 bridgehead atoms. The molecule has 5 nitrogen and oxygen atoms in total. The fraction of sp³-hybridized carbons (Fsp3) is 0.154. The van der Waals surface area contributed by atoms with Gasteiger partial charge in [0.05, 0.1) is 12.7 Å². The van der Waals surface area contributed by atoms with E-state index in [9.17, 15) is 18.0 Å². The molecule has 0 saturated heterocycles. The van der Waals surface area contributed by atoms with Gasteiger partial charge < -0.3 is 4.74 Å². The van der Waals surface area contributed by atoms with Crippen molar-refractivity contribution in [3.05, 3.63) is 42.1 Å². The summed E-state index contributed by atoms with van der Waals surface area (Å²) in [5.41, 5.74) is -0.0559. The quantitative estimate of drug-likeness (QED) is 0.882. The molecule has 0 atom stereocenters. The van der Waals surface area contributed by atoms with Gasteiger partial charge in [0.2, 0.25) is 5.95 Å². The number of carbonyl (C=O) groups excluding carboxylic acids is 1. The lowest BCUT2D eigenvalue weighted by Gasteiger charge is -2.07. The van der Waals surface area contributed by atoms with E-state index in [-0.39, 0.29) is 11.4 Å². The summed E-state index contributed by atoms with van der Waals surface area (Å²) in [5, 5.41) is 2.34. The van der Waals surface area contributed by atoms with Crippen LogP contribution in [0.15, 0.2) is 30.6 Å². The molecule has 0 spiro atoms. The average Bonchev–Trinajstić information content (AvgIpc) is 2.47. The molecule has 1 N–H and O–H groups in total. The first kappa shape index (κ1) is 14.8. The Morgan fingerprint density at radius 2 is 2.05 bits per heavy atom. The lowest BCUT2D eigenvalue weighted by atomic mass is 10.1. The molecular weight excluding hydrogens is 287 g/mol. The number of hydrogen-bond acceptors (Lipinski definition) is 4. The number of nitrogens with zero attached hydrogens (tertiary/aromatic N) is 2. The number of anilines is 1. The van der Waals surface area contributed by atoms with Gasteiger partial charge in [0, 0.05) is 18.0 Å². The Morgan fingerprint density at radius 3 is 2.71 bits per heavy atom. The van der Waals surface area contributed by atoms with Crippen molar-refractivity contribution in [2.45, 2.75) is 6.43 Å². The Hall–Kier alpha value is -2.64. The van der Waals surface area contributed by atoms with Crippen LogP contribution >= 0.6 is 0 Å². The van der Waals surface area contributed by atoms with E-state index in [0.29, 0.717) is 5.56 Å². The highest BCUT2D eigenvalue weighted by molar-refractivity contribution is 5.84. The zero-order valence-electron chi connectivity index (χ0n) is 10.8. The molecular formula is C13H10F3N3O2. The van der Waals surface area contributed by atoms with Crippen molar-refractivity contribution in [1.29, 1.82) is 0 Å². The zero-order valence-corrected chi connectivity index (χ0v) is 10.8. The van der Waals surface area contributed by atoms with Crippen LogP contribution in [0.3, 0.4) is 0 Å².